The van der Waals surface area contributed by atoms with E-state index in [2.05, 4.69) is 34.3 Å². The number of quaternary nitrogens is 1. The first-order valence-corrected chi connectivity index (χ1v) is 8.15. The summed E-state index contributed by atoms with van der Waals surface area (Å²) in [5.74, 6) is 0.723. The largest absolute Gasteiger partial charge is 0.738 e. The molecular formula is C16H26N4S. The highest BCUT2D eigenvalue weighted by molar-refractivity contribution is 7.58. The average Bonchev–Trinajstić information content (AvgIpc) is 2.95. The summed E-state index contributed by atoms with van der Waals surface area (Å²) in [6.07, 6.45) is 5.43. The second kappa shape index (κ2) is 11.2. The van der Waals surface area contributed by atoms with Gasteiger partial charge in [0.05, 0.1) is 13.1 Å². The molecule has 0 unspecified atom stereocenters. The number of hydrogen-bond acceptors (Lipinski definition) is 3. The molecule has 0 saturated carbocycles. The minimum absolute atomic E-state index is 0.355. The standard InChI is InChI=1S/C8H7N3S.C8H19N/c12-8-9-7(10-11-8)6-4-2-1-3-5-6;1-3-5-7-9-8-6-4-2/h1-5H,(H2,9,10,11,12);9H,3-8H2,1-2H3. The maximum atomic E-state index is 4.78. The van der Waals surface area contributed by atoms with Gasteiger partial charge in [-0.2, -0.15) is 5.10 Å². The molecular weight excluding hydrogens is 280 g/mol. The number of aromatic nitrogens is 3. The van der Waals surface area contributed by atoms with Crippen LogP contribution in [0.15, 0.2) is 35.5 Å². The highest BCUT2D eigenvalue weighted by Crippen LogP contribution is 2.12. The molecule has 0 amide bonds. The van der Waals surface area contributed by atoms with E-state index in [0.717, 1.165) is 11.4 Å². The molecule has 0 fully saturated rings. The van der Waals surface area contributed by atoms with Gasteiger partial charge in [0.2, 0.25) is 0 Å². The van der Waals surface area contributed by atoms with Crippen LogP contribution >= 0.6 is 0 Å². The molecule has 21 heavy (non-hydrogen) atoms. The van der Waals surface area contributed by atoms with Gasteiger partial charge in [-0.3, -0.25) is 5.10 Å². The summed E-state index contributed by atoms with van der Waals surface area (Å²) in [5.41, 5.74) is 1.00. The number of nitrogens with zero attached hydrogens (tertiary/aromatic N) is 2. The maximum Gasteiger partial charge on any atom is 0.153 e. The zero-order valence-electron chi connectivity index (χ0n) is 13.0. The van der Waals surface area contributed by atoms with E-state index in [1.165, 1.54) is 38.8 Å². The van der Waals surface area contributed by atoms with E-state index in [1.807, 2.05) is 30.3 Å². The first kappa shape index (κ1) is 17.6. The molecule has 1 aromatic carbocycles. The van der Waals surface area contributed by atoms with E-state index in [0.29, 0.717) is 5.16 Å². The van der Waals surface area contributed by atoms with Crippen LogP contribution in [0.25, 0.3) is 11.4 Å². The molecule has 0 spiro atoms. The molecule has 116 valence electrons. The molecule has 1 heterocycles. The third-order valence-corrected chi connectivity index (χ3v) is 3.22. The Balaban J connectivity index is 0.000000222. The Morgan fingerprint density at radius 3 is 2.14 bits per heavy atom. The number of unbranched alkanes of at least 4 members (excludes halogenated alkanes) is 2. The van der Waals surface area contributed by atoms with Gasteiger partial charge in [-0.25, -0.2) is 4.98 Å². The Bertz CT molecular complexity index is 464. The second-order valence-corrected chi connectivity index (χ2v) is 5.27. The van der Waals surface area contributed by atoms with Crippen molar-refractivity contribution in [1.29, 1.82) is 0 Å². The number of H-pyrrole nitrogens is 1. The quantitative estimate of drug-likeness (QED) is 0.610. The van der Waals surface area contributed by atoms with Crippen molar-refractivity contribution < 1.29 is 5.32 Å². The van der Waals surface area contributed by atoms with E-state index in [9.17, 15) is 0 Å². The minimum Gasteiger partial charge on any atom is -0.738 e. The summed E-state index contributed by atoms with van der Waals surface area (Å²) in [7, 11) is 0. The zero-order valence-corrected chi connectivity index (χ0v) is 13.8. The topological polar surface area (TPSA) is 58.2 Å². The van der Waals surface area contributed by atoms with E-state index >= 15 is 0 Å². The molecule has 4 nitrogen and oxygen atoms in total. The highest BCUT2D eigenvalue weighted by Gasteiger charge is 1.97. The lowest BCUT2D eigenvalue weighted by Crippen LogP contribution is -2.84. The van der Waals surface area contributed by atoms with Crippen LogP contribution in [0.1, 0.15) is 39.5 Å². The third-order valence-electron chi connectivity index (χ3n) is 3.04. The predicted molar refractivity (Wildman–Crippen MR) is 88.9 cm³/mol. The van der Waals surface area contributed by atoms with E-state index in [1.54, 1.807) is 0 Å². The summed E-state index contributed by atoms with van der Waals surface area (Å²) in [6, 6.07) is 9.75. The van der Waals surface area contributed by atoms with Gasteiger partial charge in [-0.1, -0.05) is 57.0 Å². The fourth-order valence-corrected chi connectivity index (χ4v) is 1.95. The average molecular weight is 306 g/mol. The Kier molecular flexibility index (Phi) is 9.40. The summed E-state index contributed by atoms with van der Waals surface area (Å²) < 4.78 is 0. The molecule has 5 heteroatoms. The first-order chi connectivity index (χ1) is 10.3. The van der Waals surface area contributed by atoms with Crippen molar-refractivity contribution in [3.63, 3.8) is 0 Å². The number of benzene rings is 1. The minimum atomic E-state index is 0.355. The van der Waals surface area contributed by atoms with Crippen LogP contribution < -0.4 is 5.32 Å². The van der Waals surface area contributed by atoms with Gasteiger partial charge in [0.15, 0.2) is 5.82 Å². The van der Waals surface area contributed by atoms with Crippen LogP contribution in [0, 0.1) is 0 Å². The third kappa shape index (κ3) is 7.78. The lowest BCUT2D eigenvalue weighted by atomic mass is 10.2. The van der Waals surface area contributed by atoms with Crippen molar-refractivity contribution in [2.75, 3.05) is 13.1 Å². The predicted octanol–water partition coefficient (Wildman–Crippen LogP) is 2.53. The highest BCUT2D eigenvalue weighted by atomic mass is 32.1. The van der Waals surface area contributed by atoms with Crippen LogP contribution in [-0.4, -0.2) is 28.3 Å². The summed E-state index contributed by atoms with van der Waals surface area (Å²) >= 11 is 4.78. The molecule has 2 rings (SSSR count). The van der Waals surface area contributed by atoms with Gasteiger partial charge in [0.25, 0.3) is 0 Å². The van der Waals surface area contributed by atoms with Crippen LogP contribution in [0.4, 0.5) is 0 Å². The van der Waals surface area contributed by atoms with E-state index in [4.69, 9.17) is 12.6 Å². The number of aromatic amines is 1. The summed E-state index contributed by atoms with van der Waals surface area (Å²) in [5, 5.41) is 9.31. The number of hydrogen-bond donors (Lipinski definition) is 2. The first-order valence-electron chi connectivity index (χ1n) is 7.74. The Morgan fingerprint density at radius 1 is 1.05 bits per heavy atom. The van der Waals surface area contributed by atoms with Gasteiger partial charge in [0.1, 0.15) is 0 Å². The molecule has 3 N–H and O–H groups in total. The molecule has 0 aliphatic heterocycles. The van der Waals surface area contributed by atoms with Crippen molar-refractivity contribution >= 4 is 12.6 Å². The van der Waals surface area contributed by atoms with Crippen molar-refractivity contribution in [2.24, 2.45) is 0 Å². The lowest BCUT2D eigenvalue weighted by molar-refractivity contribution is -0.655. The molecule has 0 saturated heterocycles. The van der Waals surface area contributed by atoms with E-state index < -0.39 is 0 Å². The van der Waals surface area contributed by atoms with Gasteiger partial charge in [-0.05, 0) is 12.8 Å². The fraction of sp³-hybridized carbons (Fsp3) is 0.500. The van der Waals surface area contributed by atoms with Crippen LogP contribution in [0.2, 0.25) is 0 Å². The van der Waals surface area contributed by atoms with Crippen LogP contribution in [0.3, 0.4) is 0 Å². The van der Waals surface area contributed by atoms with Crippen LogP contribution in [-0.2, 0) is 12.6 Å². The number of rotatable bonds is 7. The summed E-state index contributed by atoms with van der Waals surface area (Å²) in [4.78, 5) is 4.03. The Hall–Kier alpha value is -1.46. The van der Waals surface area contributed by atoms with Gasteiger partial charge in [0, 0.05) is 10.7 Å². The Morgan fingerprint density at radius 2 is 1.67 bits per heavy atom. The SMILES string of the molecule is CCCC[NH2+]CCCC.[S-]c1n[nH]c(-c2ccccc2)n1. The van der Waals surface area contributed by atoms with Crippen molar-refractivity contribution in [3.8, 4) is 11.4 Å². The van der Waals surface area contributed by atoms with Crippen molar-refractivity contribution in [1.82, 2.24) is 15.2 Å². The molecule has 0 atom stereocenters. The van der Waals surface area contributed by atoms with Crippen molar-refractivity contribution in [2.45, 2.75) is 44.7 Å². The Labute approximate surface area is 133 Å². The van der Waals surface area contributed by atoms with Crippen LogP contribution in [0.5, 0.6) is 0 Å². The molecule has 0 bridgehead atoms. The van der Waals surface area contributed by atoms with Gasteiger partial charge >= 0.3 is 0 Å². The zero-order chi connectivity index (χ0) is 15.3. The van der Waals surface area contributed by atoms with E-state index in [-0.39, 0.29) is 0 Å². The normalized spacial score (nSPS) is 10.0. The fourth-order valence-electron chi connectivity index (χ4n) is 1.81. The monoisotopic (exact) mass is 306 g/mol. The molecule has 1 aromatic heterocycles. The number of nitrogens with two attached hydrogens (primary N) is 1. The molecule has 0 radical (unpaired) electrons. The molecule has 2 aromatic rings. The van der Waals surface area contributed by atoms with Crippen molar-refractivity contribution in [3.05, 3.63) is 30.3 Å². The van der Waals surface area contributed by atoms with Gasteiger partial charge < -0.3 is 17.9 Å². The maximum absolute atomic E-state index is 4.78. The smallest absolute Gasteiger partial charge is 0.153 e. The molecule has 0 aliphatic rings. The van der Waals surface area contributed by atoms with Gasteiger partial charge in [-0.15, -0.1) is 0 Å². The second-order valence-electron chi connectivity index (χ2n) is 4.91. The lowest BCUT2D eigenvalue weighted by Gasteiger charge is -1.96. The number of nitrogens with one attached hydrogen (secondary N) is 1. The summed E-state index contributed by atoms with van der Waals surface area (Å²) in [6.45, 7) is 7.15. The molecule has 0 aliphatic carbocycles.